The smallest absolute Gasteiger partial charge is 0.254 e. The summed E-state index contributed by atoms with van der Waals surface area (Å²) in [5.74, 6) is 0.455. The van der Waals surface area contributed by atoms with Gasteiger partial charge in [-0.05, 0) is 19.1 Å². The molecule has 0 radical (unpaired) electrons. The molecule has 25 heavy (non-hydrogen) atoms. The lowest BCUT2D eigenvalue weighted by atomic mass is 10.1. The predicted octanol–water partition coefficient (Wildman–Crippen LogP) is 0.674. The van der Waals surface area contributed by atoms with Crippen LogP contribution in [0.2, 0.25) is 0 Å². The lowest BCUT2D eigenvalue weighted by Gasteiger charge is -2.11. The number of para-hydroxylation sites is 1. The van der Waals surface area contributed by atoms with Crippen LogP contribution >= 0.6 is 0 Å². The van der Waals surface area contributed by atoms with E-state index in [9.17, 15) is 13.2 Å². The van der Waals surface area contributed by atoms with Crippen LogP contribution in [-0.4, -0.2) is 45.0 Å². The average molecular weight is 364 g/mol. The van der Waals surface area contributed by atoms with Gasteiger partial charge in [0, 0.05) is 26.2 Å². The third-order valence-electron chi connectivity index (χ3n) is 3.47. The average Bonchev–Trinajstić information content (AvgIpc) is 2.61. The van der Waals surface area contributed by atoms with Gasteiger partial charge in [0.05, 0.1) is 18.4 Å². The summed E-state index contributed by atoms with van der Waals surface area (Å²) in [4.78, 5) is 20.2. The van der Waals surface area contributed by atoms with Crippen molar-refractivity contribution in [1.82, 2.24) is 20.0 Å². The second-order valence-corrected chi connectivity index (χ2v) is 6.89. The molecule has 0 aliphatic heterocycles. The van der Waals surface area contributed by atoms with Crippen molar-refractivity contribution in [1.29, 1.82) is 0 Å². The molecule has 0 fully saturated rings. The van der Waals surface area contributed by atoms with Gasteiger partial charge in [-0.15, -0.1) is 0 Å². The van der Waals surface area contributed by atoms with Crippen LogP contribution in [0.15, 0.2) is 35.4 Å². The Hall–Kier alpha value is -2.52. The molecule has 0 aliphatic carbocycles. The molecule has 1 aromatic heterocycles. The number of aromatic nitrogens is 2. The number of nitrogens with zero attached hydrogens (tertiary/aromatic N) is 2. The summed E-state index contributed by atoms with van der Waals surface area (Å²) >= 11 is 0. The number of hydrogen-bond acceptors (Lipinski definition) is 6. The number of rotatable bonds is 7. The first-order chi connectivity index (χ1) is 11.9. The van der Waals surface area contributed by atoms with Gasteiger partial charge in [0.15, 0.2) is 0 Å². The molecule has 134 valence electrons. The van der Waals surface area contributed by atoms with Gasteiger partial charge >= 0.3 is 0 Å². The SMILES string of the molecule is CNC(=O)c1cnc(C)nc1CCNS(=O)(=O)c1ccccc1OC. The molecule has 2 N–H and O–H groups in total. The van der Waals surface area contributed by atoms with Gasteiger partial charge in [0.2, 0.25) is 10.0 Å². The van der Waals surface area contributed by atoms with Crippen LogP contribution in [0.4, 0.5) is 0 Å². The van der Waals surface area contributed by atoms with Crippen molar-refractivity contribution in [2.24, 2.45) is 0 Å². The van der Waals surface area contributed by atoms with Gasteiger partial charge in [-0.1, -0.05) is 12.1 Å². The van der Waals surface area contributed by atoms with Crippen molar-refractivity contribution in [3.05, 3.63) is 47.5 Å². The molecule has 8 nitrogen and oxygen atoms in total. The van der Waals surface area contributed by atoms with Gasteiger partial charge in [-0.25, -0.2) is 23.1 Å². The molecule has 2 aromatic rings. The van der Waals surface area contributed by atoms with Crippen molar-refractivity contribution in [2.75, 3.05) is 20.7 Å². The summed E-state index contributed by atoms with van der Waals surface area (Å²) in [6.45, 7) is 1.79. The Balaban J connectivity index is 2.15. The van der Waals surface area contributed by atoms with Crippen molar-refractivity contribution >= 4 is 15.9 Å². The Morgan fingerprint density at radius 3 is 2.68 bits per heavy atom. The van der Waals surface area contributed by atoms with Gasteiger partial charge in [-0.3, -0.25) is 4.79 Å². The summed E-state index contributed by atoms with van der Waals surface area (Å²) in [7, 11) is -0.820. The van der Waals surface area contributed by atoms with Crippen LogP contribution in [0.1, 0.15) is 21.9 Å². The normalized spacial score (nSPS) is 11.2. The van der Waals surface area contributed by atoms with E-state index in [1.54, 1.807) is 25.1 Å². The Kier molecular flexibility index (Phi) is 6.05. The largest absolute Gasteiger partial charge is 0.495 e. The summed E-state index contributed by atoms with van der Waals surface area (Å²) in [6, 6.07) is 6.35. The fourth-order valence-corrected chi connectivity index (χ4v) is 3.45. The number of amides is 1. The van der Waals surface area contributed by atoms with E-state index in [0.717, 1.165) is 0 Å². The second kappa shape index (κ2) is 8.04. The van der Waals surface area contributed by atoms with Gasteiger partial charge in [0.1, 0.15) is 16.5 Å². The number of ether oxygens (including phenoxy) is 1. The van der Waals surface area contributed by atoms with E-state index < -0.39 is 10.0 Å². The highest BCUT2D eigenvalue weighted by atomic mass is 32.2. The highest BCUT2D eigenvalue weighted by Crippen LogP contribution is 2.22. The third kappa shape index (κ3) is 4.52. The molecule has 2 rings (SSSR count). The van der Waals surface area contributed by atoms with Crippen LogP contribution in [0.5, 0.6) is 5.75 Å². The minimum atomic E-state index is -3.74. The number of hydrogen-bond donors (Lipinski definition) is 2. The topological polar surface area (TPSA) is 110 Å². The highest BCUT2D eigenvalue weighted by Gasteiger charge is 2.19. The Morgan fingerprint density at radius 1 is 1.28 bits per heavy atom. The zero-order chi connectivity index (χ0) is 18.4. The lowest BCUT2D eigenvalue weighted by Crippen LogP contribution is -2.28. The van der Waals surface area contributed by atoms with Crippen molar-refractivity contribution < 1.29 is 17.9 Å². The molecular formula is C16H20N4O4S. The number of sulfonamides is 1. The highest BCUT2D eigenvalue weighted by molar-refractivity contribution is 7.89. The van der Waals surface area contributed by atoms with E-state index >= 15 is 0 Å². The Labute approximate surface area is 146 Å². The van der Waals surface area contributed by atoms with Crippen LogP contribution in [0, 0.1) is 6.92 Å². The number of aryl methyl sites for hydroxylation is 1. The van der Waals surface area contributed by atoms with E-state index in [1.807, 2.05) is 0 Å². The summed E-state index contributed by atoms with van der Waals surface area (Å²) in [5.41, 5.74) is 0.805. The molecule has 0 saturated heterocycles. The first-order valence-electron chi connectivity index (χ1n) is 7.56. The monoisotopic (exact) mass is 364 g/mol. The van der Waals surface area contributed by atoms with E-state index in [-0.39, 0.29) is 29.5 Å². The zero-order valence-corrected chi connectivity index (χ0v) is 15.1. The first-order valence-corrected chi connectivity index (χ1v) is 9.04. The summed E-state index contributed by atoms with van der Waals surface area (Å²) in [6.07, 6.45) is 1.69. The Morgan fingerprint density at radius 2 is 2.00 bits per heavy atom. The van der Waals surface area contributed by atoms with Crippen LogP contribution < -0.4 is 14.8 Å². The molecule has 0 spiro atoms. The van der Waals surface area contributed by atoms with Gasteiger partial charge in [0.25, 0.3) is 5.91 Å². The van der Waals surface area contributed by atoms with E-state index in [2.05, 4.69) is 20.0 Å². The zero-order valence-electron chi connectivity index (χ0n) is 14.2. The van der Waals surface area contributed by atoms with Gasteiger partial charge < -0.3 is 10.1 Å². The standard InChI is InChI=1S/C16H20N4O4S/c1-11-18-10-12(16(21)17-2)13(20-11)8-9-19-25(22,23)15-7-5-4-6-14(15)24-3/h4-7,10,19H,8-9H2,1-3H3,(H,17,21). The van der Waals surface area contributed by atoms with Crippen molar-refractivity contribution in [3.8, 4) is 5.75 Å². The lowest BCUT2D eigenvalue weighted by molar-refractivity contribution is 0.0961. The molecule has 1 heterocycles. The molecule has 0 bridgehead atoms. The second-order valence-electron chi connectivity index (χ2n) is 5.16. The first kappa shape index (κ1) is 18.8. The number of carbonyl (C=O) groups is 1. The van der Waals surface area contributed by atoms with Crippen molar-refractivity contribution in [3.63, 3.8) is 0 Å². The van der Waals surface area contributed by atoms with E-state index in [0.29, 0.717) is 17.1 Å². The fourth-order valence-electron chi connectivity index (χ4n) is 2.25. The summed E-state index contributed by atoms with van der Waals surface area (Å²) < 4.78 is 32.5. The van der Waals surface area contributed by atoms with Crippen LogP contribution in [0.3, 0.4) is 0 Å². The summed E-state index contributed by atoms with van der Waals surface area (Å²) in [5, 5.41) is 2.51. The van der Waals surface area contributed by atoms with Crippen molar-refractivity contribution in [2.45, 2.75) is 18.2 Å². The maximum atomic E-state index is 12.4. The van der Waals surface area contributed by atoms with E-state index in [4.69, 9.17) is 4.74 Å². The fraction of sp³-hybridized carbons (Fsp3) is 0.312. The third-order valence-corrected chi connectivity index (χ3v) is 4.97. The van der Waals surface area contributed by atoms with Gasteiger partial charge in [-0.2, -0.15) is 0 Å². The number of benzene rings is 1. The molecule has 1 aromatic carbocycles. The maximum Gasteiger partial charge on any atom is 0.254 e. The molecule has 1 amide bonds. The molecular weight excluding hydrogens is 344 g/mol. The quantitative estimate of drug-likeness (QED) is 0.747. The molecule has 0 atom stereocenters. The number of methoxy groups -OCH3 is 1. The van der Waals surface area contributed by atoms with Crippen LogP contribution in [0.25, 0.3) is 0 Å². The minimum absolute atomic E-state index is 0.0582. The van der Waals surface area contributed by atoms with Crippen LogP contribution in [-0.2, 0) is 16.4 Å². The Bertz CT molecular complexity index is 868. The molecule has 0 unspecified atom stereocenters. The predicted molar refractivity (Wildman–Crippen MR) is 92.0 cm³/mol. The molecule has 0 saturated carbocycles. The van der Waals surface area contributed by atoms with E-state index in [1.165, 1.54) is 26.4 Å². The number of nitrogens with one attached hydrogen (secondary N) is 2. The molecule has 0 aliphatic rings. The maximum absolute atomic E-state index is 12.4. The minimum Gasteiger partial charge on any atom is -0.495 e. The molecule has 9 heteroatoms. The number of carbonyl (C=O) groups excluding carboxylic acids is 1.